The number of hydrogen-bond donors (Lipinski definition) is 0. The van der Waals surface area contributed by atoms with Crippen molar-refractivity contribution in [1.29, 1.82) is 0 Å². The highest BCUT2D eigenvalue weighted by atomic mass is 79.9. The molecule has 0 amide bonds. The van der Waals surface area contributed by atoms with E-state index in [2.05, 4.69) is 43.6 Å². The van der Waals surface area contributed by atoms with Gasteiger partial charge in [0, 0.05) is 5.92 Å². The summed E-state index contributed by atoms with van der Waals surface area (Å²) in [5, 5.41) is 0. The first-order valence-corrected chi connectivity index (χ1v) is 5.71. The van der Waals surface area contributed by atoms with E-state index in [9.17, 15) is 4.79 Å². The lowest BCUT2D eigenvalue weighted by atomic mass is 9.86. The number of ether oxygens (including phenoxy) is 1. The summed E-state index contributed by atoms with van der Waals surface area (Å²) in [7, 11) is 0. The van der Waals surface area contributed by atoms with Crippen LogP contribution in [0.4, 0.5) is 0 Å². The van der Waals surface area contributed by atoms with E-state index in [4.69, 9.17) is 4.74 Å². The van der Waals surface area contributed by atoms with Crippen LogP contribution in [0.25, 0.3) is 0 Å². The third kappa shape index (κ3) is 2.06. The van der Waals surface area contributed by atoms with Crippen LogP contribution in [0.5, 0.6) is 0 Å². The molecule has 3 heteroatoms. The van der Waals surface area contributed by atoms with Crippen molar-refractivity contribution >= 4 is 21.9 Å². The number of carbonyl (C=O) groups is 1. The number of esters is 1. The molecule has 0 aromatic rings. The molecule has 1 saturated heterocycles. The topological polar surface area (TPSA) is 26.3 Å². The van der Waals surface area contributed by atoms with Crippen LogP contribution < -0.4 is 0 Å². The summed E-state index contributed by atoms with van der Waals surface area (Å²) < 4.78 is 5.32. The van der Waals surface area contributed by atoms with Gasteiger partial charge in [0.15, 0.2) is 0 Å². The van der Waals surface area contributed by atoms with E-state index < -0.39 is 0 Å². The lowest BCUT2D eigenvalue weighted by Crippen LogP contribution is -2.28. The minimum Gasteiger partial charge on any atom is -0.461 e. The van der Waals surface area contributed by atoms with Crippen LogP contribution in [0.15, 0.2) is 0 Å². The molecule has 1 aliphatic rings. The van der Waals surface area contributed by atoms with Gasteiger partial charge >= 0.3 is 5.97 Å². The molecule has 0 aromatic heterocycles. The van der Waals surface area contributed by atoms with E-state index in [1.165, 1.54) is 0 Å². The van der Waals surface area contributed by atoms with E-state index >= 15 is 0 Å². The highest BCUT2D eigenvalue weighted by Crippen LogP contribution is 2.34. The summed E-state index contributed by atoms with van der Waals surface area (Å²) in [5.41, 5.74) is 0. The number of rotatable bonds is 2. The van der Waals surface area contributed by atoms with Crippen molar-refractivity contribution in [2.24, 2.45) is 17.8 Å². The Kier molecular flexibility index (Phi) is 3.38. The van der Waals surface area contributed by atoms with Gasteiger partial charge in [0.1, 0.15) is 10.9 Å². The fourth-order valence-electron chi connectivity index (χ4n) is 1.65. The van der Waals surface area contributed by atoms with Crippen LogP contribution in [-0.4, -0.2) is 16.9 Å². The van der Waals surface area contributed by atoms with Crippen LogP contribution in [-0.2, 0) is 9.53 Å². The Morgan fingerprint density at radius 3 is 2.23 bits per heavy atom. The molecule has 0 radical (unpaired) electrons. The van der Waals surface area contributed by atoms with Crippen molar-refractivity contribution < 1.29 is 9.53 Å². The average Bonchev–Trinajstić information content (AvgIpc) is 2.31. The minimum absolute atomic E-state index is 0.0804. The van der Waals surface area contributed by atoms with Crippen LogP contribution in [0.2, 0.25) is 0 Å². The molecule has 0 aromatic carbocycles. The van der Waals surface area contributed by atoms with E-state index in [-0.39, 0.29) is 22.8 Å². The second-order valence-corrected chi connectivity index (χ2v) is 5.25. The van der Waals surface area contributed by atoms with E-state index in [0.29, 0.717) is 11.8 Å². The van der Waals surface area contributed by atoms with Gasteiger partial charge in [-0.1, -0.05) is 43.6 Å². The van der Waals surface area contributed by atoms with E-state index in [1.54, 1.807) is 0 Å². The van der Waals surface area contributed by atoms with Gasteiger partial charge in [-0.25, -0.2) is 0 Å². The van der Waals surface area contributed by atoms with Gasteiger partial charge < -0.3 is 4.74 Å². The molecule has 1 rings (SSSR count). The fraction of sp³-hybridized carbons (Fsp3) is 0.900. The Bertz CT molecular complexity index is 203. The lowest BCUT2D eigenvalue weighted by molar-refractivity contribution is -0.143. The number of halogens is 1. The van der Waals surface area contributed by atoms with Crippen LogP contribution >= 0.6 is 15.9 Å². The molecule has 76 valence electrons. The van der Waals surface area contributed by atoms with Crippen molar-refractivity contribution in [3.63, 3.8) is 0 Å². The van der Waals surface area contributed by atoms with Crippen LogP contribution in [0.1, 0.15) is 27.7 Å². The highest BCUT2D eigenvalue weighted by Gasteiger charge is 2.43. The van der Waals surface area contributed by atoms with Gasteiger partial charge in [-0.15, -0.1) is 0 Å². The molecular formula is C10H17BrO2. The first kappa shape index (κ1) is 11.0. The predicted octanol–water partition coefficient (Wildman–Crippen LogP) is 2.60. The monoisotopic (exact) mass is 248 g/mol. The maximum atomic E-state index is 11.3. The summed E-state index contributed by atoms with van der Waals surface area (Å²) in [6.07, 6.45) is 0.0804. The van der Waals surface area contributed by atoms with E-state index in [0.717, 1.165) is 0 Å². The van der Waals surface area contributed by atoms with Crippen molar-refractivity contribution in [3.8, 4) is 0 Å². The zero-order valence-electron chi connectivity index (χ0n) is 8.58. The Morgan fingerprint density at radius 1 is 1.38 bits per heavy atom. The average molecular weight is 249 g/mol. The largest absolute Gasteiger partial charge is 0.461 e. The number of carbonyl (C=O) groups excluding carboxylic acids is 1. The zero-order chi connectivity index (χ0) is 10.2. The Morgan fingerprint density at radius 2 is 1.92 bits per heavy atom. The van der Waals surface area contributed by atoms with Crippen LogP contribution in [0.3, 0.4) is 0 Å². The van der Waals surface area contributed by atoms with Gasteiger partial charge in [-0.3, -0.25) is 4.79 Å². The molecule has 1 heterocycles. The summed E-state index contributed by atoms with van der Waals surface area (Å²) in [4.78, 5) is 11.1. The van der Waals surface area contributed by atoms with Crippen molar-refractivity contribution in [3.05, 3.63) is 0 Å². The number of hydrogen-bond acceptors (Lipinski definition) is 2. The van der Waals surface area contributed by atoms with Gasteiger partial charge in [0.05, 0.1) is 0 Å². The maximum Gasteiger partial charge on any atom is 0.320 e. The second-order valence-electron chi connectivity index (χ2n) is 4.27. The first-order valence-electron chi connectivity index (χ1n) is 4.79. The molecule has 1 fully saturated rings. The molecule has 13 heavy (non-hydrogen) atoms. The summed E-state index contributed by atoms with van der Waals surface area (Å²) in [6.45, 7) is 8.53. The van der Waals surface area contributed by atoms with Crippen molar-refractivity contribution in [1.82, 2.24) is 0 Å². The molecule has 1 aliphatic heterocycles. The van der Waals surface area contributed by atoms with Gasteiger partial charge in [-0.05, 0) is 11.8 Å². The minimum atomic E-state index is -0.112. The van der Waals surface area contributed by atoms with Crippen molar-refractivity contribution in [2.75, 3.05) is 0 Å². The molecule has 2 nitrogen and oxygen atoms in total. The molecule has 0 unspecified atom stereocenters. The highest BCUT2D eigenvalue weighted by molar-refractivity contribution is 9.10. The summed E-state index contributed by atoms with van der Waals surface area (Å²) in [5.74, 6) is 1.16. The summed E-state index contributed by atoms with van der Waals surface area (Å²) >= 11 is 3.35. The SMILES string of the molecule is CC(C)[C@@H](C)[C@@H]1OC(=O)[C@@H](Br)[C@H]1C. The molecule has 0 N–H and O–H groups in total. The molecule has 0 saturated carbocycles. The first-order chi connectivity index (χ1) is 5.95. The quantitative estimate of drug-likeness (QED) is 0.555. The lowest BCUT2D eigenvalue weighted by Gasteiger charge is -2.24. The molecule has 4 atom stereocenters. The predicted molar refractivity (Wildman–Crippen MR) is 55.8 cm³/mol. The van der Waals surface area contributed by atoms with Gasteiger partial charge in [0.2, 0.25) is 0 Å². The standard InChI is InChI=1S/C10H17BrO2/c1-5(2)6(3)9-7(4)8(11)10(12)13-9/h5-9H,1-4H3/t6-,7-,8+,9+/m1/s1. The van der Waals surface area contributed by atoms with Gasteiger partial charge in [0.25, 0.3) is 0 Å². The molecule has 0 spiro atoms. The Hall–Kier alpha value is -0.0500. The second kappa shape index (κ2) is 3.99. The smallest absolute Gasteiger partial charge is 0.320 e. The zero-order valence-corrected chi connectivity index (χ0v) is 10.2. The Balaban J connectivity index is 2.68. The van der Waals surface area contributed by atoms with Crippen LogP contribution in [0, 0.1) is 17.8 Å². The third-order valence-corrected chi connectivity index (χ3v) is 4.23. The fourth-order valence-corrected chi connectivity index (χ4v) is 2.06. The maximum absolute atomic E-state index is 11.3. The normalized spacial score (nSPS) is 36.5. The molecule has 0 bridgehead atoms. The molecular weight excluding hydrogens is 232 g/mol. The third-order valence-electron chi connectivity index (χ3n) is 3.03. The van der Waals surface area contributed by atoms with E-state index in [1.807, 2.05) is 0 Å². The Labute approximate surface area is 88.2 Å². The van der Waals surface area contributed by atoms with Gasteiger partial charge in [-0.2, -0.15) is 0 Å². The molecule has 0 aliphatic carbocycles. The van der Waals surface area contributed by atoms with Crippen molar-refractivity contribution in [2.45, 2.75) is 38.6 Å². The number of alkyl halides is 1. The summed E-state index contributed by atoms with van der Waals surface area (Å²) in [6, 6.07) is 0. The number of cyclic esters (lactones) is 1.